The second-order valence-electron chi connectivity index (χ2n) is 3.67. The van der Waals surface area contributed by atoms with Gasteiger partial charge in [0.05, 0.1) is 12.0 Å². The first kappa shape index (κ1) is 12.3. The third kappa shape index (κ3) is 3.10. The highest BCUT2D eigenvalue weighted by molar-refractivity contribution is 7.98. The molecule has 1 aliphatic heterocycles. The number of carbonyl (C=O) groups excluding carboxylic acids is 1. The molecule has 86 valence electrons. The van der Waals surface area contributed by atoms with Crippen LogP contribution in [-0.4, -0.2) is 53.0 Å². The molecule has 0 spiro atoms. The van der Waals surface area contributed by atoms with Crippen molar-refractivity contribution in [3.8, 4) is 0 Å². The number of thioether (sulfide) groups is 1. The van der Waals surface area contributed by atoms with Gasteiger partial charge in [-0.25, -0.2) is 0 Å². The van der Waals surface area contributed by atoms with Gasteiger partial charge in [-0.3, -0.25) is 9.59 Å². The number of likely N-dealkylation sites (tertiary alicyclic amines) is 1. The third-order valence-electron chi connectivity index (χ3n) is 2.51. The number of rotatable bonds is 4. The lowest BCUT2D eigenvalue weighted by Crippen LogP contribution is -2.44. The van der Waals surface area contributed by atoms with Crippen molar-refractivity contribution in [1.29, 1.82) is 0 Å². The number of nitrogens with two attached hydrogens (primary N) is 1. The maximum absolute atomic E-state index is 11.7. The molecule has 0 bridgehead atoms. The highest BCUT2D eigenvalue weighted by Gasteiger charge is 2.32. The Balaban J connectivity index is 2.46. The molecule has 0 saturated carbocycles. The summed E-state index contributed by atoms with van der Waals surface area (Å²) in [6, 6.07) is -0.507. The number of aliphatic carboxylic acids is 1. The van der Waals surface area contributed by atoms with Crippen LogP contribution in [0.5, 0.6) is 0 Å². The number of hydrogen-bond donors (Lipinski definition) is 2. The maximum atomic E-state index is 11.7. The molecular formula is C9H16N2O3S. The predicted octanol–water partition coefficient (Wildman–Crippen LogP) is -0.390. The summed E-state index contributed by atoms with van der Waals surface area (Å²) >= 11 is 1.52. The zero-order chi connectivity index (χ0) is 11.4. The maximum Gasteiger partial charge on any atom is 0.308 e. The summed E-state index contributed by atoms with van der Waals surface area (Å²) < 4.78 is 0. The monoisotopic (exact) mass is 232 g/mol. The number of amides is 1. The van der Waals surface area contributed by atoms with Crippen LogP contribution in [0.15, 0.2) is 0 Å². The first-order valence-electron chi connectivity index (χ1n) is 4.82. The lowest BCUT2D eigenvalue weighted by molar-refractivity contribution is -0.141. The molecule has 0 radical (unpaired) electrons. The van der Waals surface area contributed by atoms with Crippen molar-refractivity contribution < 1.29 is 14.7 Å². The highest BCUT2D eigenvalue weighted by atomic mass is 32.2. The van der Waals surface area contributed by atoms with E-state index in [1.807, 2.05) is 6.26 Å². The van der Waals surface area contributed by atoms with Crippen LogP contribution in [0.4, 0.5) is 0 Å². The molecule has 2 atom stereocenters. The van der Waals surface area contributed by atoms with E-state index < -0.39 is 17.9 Å². The molecule has 1 heterocycles. The number of carbonyl (C=O) groups is 2. The number of carboxylic acids is 1. The van der Waals surface area contributed by atoms with E-state index in [1.54, 1.807) is 4.90 Å². The SMILES string of the molecule is CSCC(N)C(=O)N1CCC(C(=O)O)C1. The summed E-state index contributed by atoms with van der Waals surface area (Å²) in [5.74, 6) is -0.806. The van der Waals surface area contributed by atoms with Gasteiger partial charge in [0.1, 0.15) is 0 Å². The molecule has 3 N–H and O–H groups in total. The van der Waals surface area contributed by atoms with Crippen molar-refractivity contribution in [2.75, 3.05) is 25.1 Å². The molecule has 1 amide bonds. The Morgan fingerprint density at radius 3 is 2.80 bits per heavy atom. The average molecular weight is 232 g/mol. The summed E-state index contributed by atoms with van der Waals surface area (Å²) in [5, 5.41) is 8.78. The van der Waals surface area contributed by atoms with Gasteiger partial charge < -0.3 is 15.7 Å². The standard InChI is InChI=1S/C9H16N2O3S/c1-15-5-7(10)8(12)11-3-2-6(4-11)9(13)14/h6-7H,2-5,10H2,1H3,(H,13,14). The second kappa shape index (κ2) is 5.37. The molecule has 15 heavy (non-hydrogen) atoms. The number of carboxylic acid groups (broad SMARTS) is 1. The van der Waals surface area contributed by atoms with E-state index in [0.29, 0.717) is 25.3 Å². The van der Waals surface area contributed by atoms with Crippen molar-refractivity contribution in [2.45, 2.75) is 12.5 Å². The topological polar surface area (TPSA) is 83.6 Å². The molecule has 0 aromatic carbocycles. The molecule has 2 unspecified atom stereocenters. The quantitative estimate of drug-likeness (QED) is 0.689. The van der Waals surface area contributed by atoms with Crippen LogP contribution >= 0.6 is 11.8 Å². The van der Waals surface area contributed by atoms with E-state index in [2.05, 4.69) is 0 Å². The van der Waals surface area contributed by atoms with E-state index >= 15 is 0 Å². The number of hydrogen-bond acceptors (Lipinski definition) is 4. The minimum Gasteiger partial charge on any atom is -0.481 e. The number of nitrogens with zero attached hydrogens (tertiary/aromatic N) is 1. The van der Waals surface area contributed by atoms with Crippen LogP contribution in [-0.2, 0) is 9.59 Å². The summed E-state index contributed by atoms with van der Waals surface area (Å²) in [7, 11) is 0. The predicted molar refractivity (Wildman–Crippen MR) is 58.7 cm³/mol. The van der Waals surface area contributed by atoms with Gasteiger partial charge in [0.25, 0.3) is 0 Å². The van der Waals surface area contributed by atoms with Gasteiger partial charge in [0.2, 0.25) is 5.91 Å². The Morgan fingerprint density at radius 2 is 2.33 bits per heavy atom. The van der Waals surface area contributed by atoms with Crippen molar-refractivity contribution in [3.05, 3.63) is 0 Å². The lowest BCUT2D eigenvalue weighted by Gasteiger charge is -2.19. The first-order chi connectivity index (χ1) is 7.06. The van der Waals surface area contributed by atoms with Crippen molar-refractivity contribution in [3.63, 3.8) is 0 Å². The smallest absolute Gasteiger partial charge is 0.308 e. The van der Waals surface area contributed by atoms with E-state index in [1.165, 1.54) is 11.8 Å². The van der Waals surface area contributed by atoms with Crippen LogP contribution in [0.3, 0.4) is 0 Å². The largest absolute Gasteiger partial charge is 0.481 e. The van der Waals surface area contributed by atoms with Crippen LogP contribution in [0, 0.1) is 5.92 Å². The zero-order valence-electron chi connectivity index (χ0n) is 8.68. The normalized spacial score (nSPS) is 22.8. The molecule has 5 nitrogen and oxygen atoms in total. The van der Waals surface area contributed by atoms with Gasteiger partial charge in [0, 0.05) is 18.8 Å². The van der Waals surface area contributed by atoms with Gasteiger partial charge in [-0.05, 0) is 12.7 Å². The highest BCUT2D eigenvalue weighted by Crippen LogP contribution is 2.17. The van der Waals surface area contributed by atoms with E-state index in [4.69, 9.17) is 10.8 Å². The van der Waals surface area contributed by atoms with Gasteiger partial charge in [-0.15, -0.1) is 0 Å². The molecular weight excluding hydrogens is 216 g/mol. The minimum absolute atomic E-state index is 0.131. The van der Waals surface area contributed by atoms with Crippen LogP contribution in [0.1, 0.15) is 6.42 Å². The van der Waals surface area contributed by atoms with E-state index in [0.717, 1.165) is 0 Å². The fourth-order valence-corrected chi connectivity index (χ4v) is 2.15. The van der Waals surface area contributed by atoms with Crippen LogP contribution in [0.2, 0.25) is 0 Å². The zero-order valence-corrected chi connectivity index (χ0v) is 9.50. The molecule has 1 rings (SSSR count). The van der Waals surface area contributed by atoms with Crippen molar-refractivity contribution in [1.82, 2.24) is 4.90 Å². The van der Waals surface area contributed by atoms with Crippen LogP contribution < -0.4 is 5.73 Å². The fraction of sp³-hybridized carbons (Fsp3) is 0.778. The Kier molecular flexibility index (Phi) is 4.41. The second-order valence-corrected chi connectivity index (χ2v) is 4.58. The van der Waals surface area contributed by atoms with Gasteiger partial charge in [-0.2, -0.15) is 11.8 Å². The molecule has 0 aromatic rings. The minimum atomic E-state index is -0.830. The average Bonchev–Trinajstić information content (AvgIpc) is 2.65. The molecule has 1 saturated heterocycles. The molecule has 6 heteroatoms. The first-order valence-corrected chi connectivity index (χ1v) is 6.21. The fourth-order valence-electron chi connectivity index (χ4n) is 1.65. The summed E-state index contributed by atoms with van der Waals surface area (Å²) in [6.45, 7) is 0.814. The summed E-state index contributed by atoms with van der Waals surface area (Å²) in [6.07, 6.45) is 2.42. The van der Waals surface area contributed by atoms with Gasteiger partial charge >= 0.3 is 5.97 Å². The Morgan fingerprint density at radius 1 is 1.67 bits per heavy atom. The summed E-state index contributed by atoms with van der Waals surface area (Å²) in [4.78, 5) is 23.9. The molecule has 1 fully saturated rings. The van der Waals surface area contributed by atoms with Crippen LogP contribution in [0.25, 0.3) is 0 Å². The van der Waals surface area contributed by atoms with Gasteiger partial charge in [-0.1, -0.05) is 0 Å². The summed E-state index contributed by atoms with van der Waals surface area (Å²) in [5.41, 5.74) is 5.67. The Bertz CT molecular complexity index is 260. The molecule has 0 aromatic heterocycles. The Labute approximate surface area is 93.0 Å². The molecule has 0 aliphatic carbocycles. The third-order valence-corrected chi connectivity index (χ3v) is 3.21. The van der Waals surface area contributed by atoms with E-state index in [-0.39, 0.29) is 5.91 Å². The van der Waals surface area contributed by atoms with E-state index in [9.17, 15) is 9.59 Å². The van der Waals surface area contributed by atoms with Crippen molar-refractivity contribution >= 4 is 23.6 Å². The Hall–Kier alpha value is -0.750. The van der Waals surface area contributed by atoms with Crippen molar-refractivity contribution in [2.24, 2.45) is 11.7 Å². The van der Waals surface area contributed by atoms with Gasteiger partial charge in [0.15, 0.2) is 0 Å². The molecule has 1 aliphatic rings. The lowest BCUT2D eigenvalue weighted by atomic mass is 10.1.